The summed E-state index contributed by atoms with van der Waals surface area (Å²) in [5, 5.41) is 6.26. The fourth-order valence-electron chi connectivity index (χ4n) is 3.03. The van der Waals surface area contributed by atoms with Crippen molar-refractivity contribution in [1.29, 1.82) is 0 Å². The van der Waals surface area contributed by atoms with E-state index in [-0.39, 0.29) is 0 Å². The van der Waals surface area contributed by atoms with Gasteiger partial charge in [0.2, 0.25) is 0 Å². The van der Waals surface area contributed by atoms with Gasteiger partial charge in [-0.15, -0.1) is 11.3 Å². The highest BCUT2D eigenvalue weighted by Crippen LogP contribution is 2.29. The van der Waals surface area contributed by atoms with E-state index >= 15 is 0 Å². The standard InChI is InChI=1S/C24H18N4OS/c1-2-4-21(5-3-1)29-22-12-8-19(9-13-22)26-24-27-23(16-30-24)18-6-10-20(11-7-18)28-15-14-25-17-28/h1-17H,(H,26,27). The van der Waals surface area contributed by atoms with Crippen molar-refractivity contribution < 1.29 is 4.74 Å². The van der Waals surface area contributed by atoms with E-state index in [1.165, 1.54) is 0 Å². The maximum atomic E-state index is 5.84. The summed E-state index contributed by atoms with van der Waals surface area (Å²) < 4.78 is 7.81. The van der Waals surface area contributed by atoms with E-state index in [4.69, 9.17) is 9.72 Å². The number of para-hydroxylation sites is 1. The van der Waals surface area contributed by atoms with Crippen LogP contribution >= 0.6 is 11.3 Å². The van der Waals surface area contributed by atoms with Gasteiger partial charge in [0.25, 0.3) is 0 Å². The van der Waals surface area contributed by atoms with Crippen molar-refractivity contribution in [2.45, 2.75) is 0 Å². The second kappa shape index (κ2) is 8.23. The van der Waals surface area contributed by atoms with Crippen LogP contribution < -0.4 is 10.1 Å². The second-order valence-electron chi connectivity index (χ2n) is 6.62. The molecule has 30 heavy (non-hydrogen) atoms. The Labute approximate surface area is 178 Å². The lowest BCUT2D eigenvalue weighted by atomic mass is 10.1. The summed E-state index contributed by atoms with van der Waals surface area (Å²) in [5.41, 5.74) is 4.06. The van der Waals surface area contributed by atoms with E-state index in [1.54, 1.807) is 23.9 Å². The lowest BCUT2D eigenvalue weighted by Crippen LogP contribution is -1.91. The molecule has 2 aromatic heterocycles. The Morgan fingerprint density at radius 1 is 0.833 bits per heavy atom. The third-order valence-corrected chi connectivity index (χ3v) is 5.31. The van der Waals surface area contributed by atoms with Crippen LogP contribution in [0.3, 0.4) is 0 Å². The van der Waals surface area contributed by atoms with Crippen LogP contribution in [-0.2, 0) is 0 Å². The molecule has 0 fully saturated rings. The molecule has 0 saturated heterocycles. The zero-order chi connectivity index (χ0) is 20.2. The SMILES string of the molecule is c1ccc(Oc2ccc(Nc3nc(-c4ccc(-n5ccnc5)cc4)cs3)cc2)cc1. The second-order valence-corrected chi connectivity index (χ2v) is 7.48. The zero-order valence-corrected chi connectivity index (χ0v) is 16.8. The molecular formula is C24H18N4OS. The molecule has 0 radical (unpaired) electrons. The molecular weight excluding hydrogens is 392 g/mol. The van der Waals surface area contributed by atoms with Crippen LogP contribution in [0, 0.1) is 0 Å². The molecule has 0 unspecified atom stereocenters. The Bertz CT molecular complexity index is 1210. The number of aromatic nitrogens is 3. The molecule has 0 aliphatic carbocycles. The zero-order valence-electron chi connectivity index (χ0n) is 16.0. The maximum absolute atomic E-state index is 5.84. The van der Waals surface area contributed by atoms with Crippen molar-refractivity contribution in [3.8, 4) is 28.4 Å². The summed E-state index contributed by atoms with van der Waals surface area (Å²) in [6.45, 7) is 0. The molecule has 0 saturated carbocycles. The molecule has 146 valence electrons. The molecule has 5 aromatic rings. The molecule has 5 rings (SSSR count). The smallest absolute Gasteiger partial charge is 0.187 e. The van der Waals surface area contributed by atoms with E-state index in [9.17, 15) is 0 Å². The lowest BCUT2D eigenvalue weighted by Gasteiger charge is -2.07. The lowest BCUT2D eigenvalue weighted by molar-refractivity contribution is 0.483. The van der Waals surface area contributed by atoms with Crippen LogP contribution in [0.25, 0.3) is 16.9 Å². The van der Waals surface area contributed by atoms with Crippen LogP contribution in [0.2, 0.25) is 0 Å². The Hall–Kier alpha value is -3.90. The van der Waals surface area contributed by atoms with Gasteiger partial charge in [0.15, 0.2) is 5.13 Å². The number of nitrogens with one attached hydrogen (secondary N) is 1. The fraction of sp³-hybridized carbons (Fsp3) is 0. The highest BCUT2D eigenvalue weighted by atomic mass is 32.1. The summed E-state index contributed by atoms with van der Waals surface area (Å²) in [5.74, 6) is 1.62. The van der Waals surface area contributed by atoms with Crippen LogP contribution in [0.15, 0.2) is 103 Å². The van der Waals surface area contributed by atoms with Crippen LogP contribution in [0.1, 0.15) is 0 Å². The maximum Gasteiger partial charge on any atom is 0.187 e. The summed E-state index contributed by atoms with van der Waals surface area (Å²) in [7, 11) is 0. The monoisotopic (exact) mass is 410 g/mol. The first-order valence-electron chi connectivity index (χ1n) is 9.48. The predicted octanol–water partition coefficient (Wildman–Crippen LogP) is 6.53. The van der Waals surface area contributed by atoms with E-state index in [0.29, 0.717) is 0 Å². The summed E-state index contributed by atoms with van der Waals surface area (Å²) >= 11 is 1.58. The van der Waals surface area contributed by atoms with Gasteiger partial charge >= 0.3 is 0 Å². The van der Waals surface area contributed by atoms with Crippen molar-refractivity contribution in [3.05, 3.63) is 103 Å². The number of nitrogens with zero attached hydrogens (tertiary/aromatic N) is 3. The van der Waals surface area contributed by atoms with Gasteiger partial charge in [-0.25, -0.2) is 9.97 Å². The van der Waals surface area contributed by atoms with Gasteiger partial charge in [0.05, 0.1) is 12.0 Å². The van der Waals surface area contributed by atoms with Crippen molar-refractivity contribution >= 4 is 22.2 Å². The molecule has 3 aromatic carbocycles. The van der Waals surface area contributed by atoms with Crippen LogP contribution in [0.4, 0.5) is 10.8 Å². The number of benzene rings is 3. The Kier molecular flexibility index (Phi) is 4.98. The van der Waals surface area contributed by atoms with E-state index in [2.05, 4.69) is 39.9 Å². The molecule has 5 nitrogen and oxygen atoms in total. The number of thiazole rings is 1. The van der Waals surface area contributed by atoms with Crippen molar-refractivity contribution in [2.75, 3.05) is 5.32 Å². The molecule has 0 bridgehead atoms. The third-order valence-electron chi connectivity index (χ3n) is 4.55. The minimum atomic E-state index is 0.796. The van der Waals surface area contributed by atoms with Gasteiger partial charge in [0.1, 0.15) is 11.5 Å². The third kappa shape index (κ3) is 4.09. The first-order chi connectivity index (χ1) is 14.8. The number of hydrogen-bond donors (Lipinski definition) is 1. The summed E-state index contributed by atoms with van der Waals surface area (Å²) in [4.78, 5) is 8.80. The van der Waals surface area contributed by atoms with Crippen molar-refractivity contribution in [1.82, 2.24) is 14.5 Å². The molecule has 0 atom stereocenters. The summed E-state index contributed by atoms with van der Waals surface area (Å²) in [6, 6.07) is 25.9. The van der Waals surface area contributed by atoms with Gasteiger partial charge in [0, 0.05) is 34.7 Å². The quantitative estimate of drug-likeness (QED) is 0.346. The highest BCUT2D eigenvalue weighted by molar-refractivity contribution is 7.14. The molecule has 6 heteroatoms. The number of imidazole rings is 1. The molecule has 0 spiro atoms. The van der Waals surface area contributed by atoms with Crippen LogP contribution in [-0.4, -0.2) is 14.5 Å². The van der Waals surface area contributed by atoms with Crippen molar-refractivity contribution in [3.63, 3.8) is 0 Å². The molecule has 1 N–H and O–H groups in total. The van der Waals surface area contributed by atoms with Gasteiger partial charge < -0.3 is 14.6 Å². The Morgan fingerprint density at radius 2 is 1.60 bits per heavy atom. The minimum Gasteiger partial charge on any atom is -0.457 e. The van der Waals surface area contributed by atoms with Crippen molar-refractivity contribution in [2.24, 2.45) is 0 Å². The van der Waals surface area contributed by atoms with Crippen LogP contribution in [0.5, 0.6) is 11.5 Å². The average molecular weight is 411 g/mol. The fourth-order valence-corrected chi connectivity index (χ4v) is 3.77. The molecule has 0 amide bonds. The Balaban J connectivity index is 1.25. The van der Waals surface area contributed by atoms with E-state index in [0.717, 1.165) is 39.3 Å². The number of ether oxygens (including phenoxy) is 1. The largest absolute Gasteiger partial charge is 0.457 e. The first kappa shape index (κ1) is 18.1. The number of anilines is 2. The van der Waals surface area contributed by atoms with E-state index < -0.39 is 0 Å². The Morgan fingerprint density at radius 3 is 2.33 bits per heavy atom. The van der Waals surface area contributed by atoms with Gasteiger partial charge in [-0.05, 0) is 48.5 Å². The minimum absolute atomic E-state index is 0.796. The topological polar surface area (TPSA) is 52.0 Å². The normalized spacial score (nSPS) is 10.7. The number of hydrogen-bond acceptors (Lipinski definition) is 5. The predicted molar refractivity (Wildman–Crippen MR) is 121 cm³/mol. The van der Waals surface area contributed by atoms with E-state index in [1.807, 2.05) is 65.4 Å². The molecule has 0 aliphatic rings. The first-order valence-corrected chi connectivity index (χ1v) is 10.4. The number of rotatable bonds is 6. The highest BCUT2D eigenvalue weighted by Gasteiger charge is 2.06. The summed E-state index contributed by atoms with van der Waals surface area (Å²) in [6.07, 6.45) is 5.48. The van der Waals surface area contributed by atoms with Gasteiger partial charge in [-0.1, -0.05) is 30.3 Å². The molecule has 2 heterocycles. The van der Waals surface area contributed by atoms with Gasteiger partial charge in [-0.3, -0.25) is 0 Å². The molecule has 0 aliphatic heterocycles. The van der Waals surface area contributed by atoms with Gasteiger partial charge in [-0.2, -0.15) is 0 Å². The average Bonchev–Trinajstić information content (AvgIpc) is 3.49.